The lowest BCUT2D eigenvalue weighted by Crippen LogP contribution is -2.37. The van der Waals surface area contributed by atoms with E-state index in [0.29, 0.717) is 11.5 Å². The number of thiocarbonyl (C=S) groups is 1. The van der Waals surface area contributed by atoms with Crippen LogP contribution in [0.25, 0.3) is 0 Å². The fraction of sp³-hybridized carbons (Fsp3) is 0.500. The lowest BCUT2D eigenvalue weighted by Gasteiger charge is -2.22. The number of benzene rings is 1. The number of nitrogens with zero attached hydrogens (tertiary/aromatic N) is 1. The lowest BCUT2D eigenvalue weighted by atomic mass is 10.0. The first-order valence-corrected chi connectivity index (χ1v) is 8.54. The van der Waals surface area contributed by atoms with E-state index < -0.39 is 10.0 Å². The van der Waals surface area contributed by atoms with Gasteiger partial charge in [-0.3, -0.25) is 0 Å². The first-order valence-electron chi connectivity index (χ1n) is 6.52. The van der Waals surface area contributed by atoms with Gasteiger partial charge in [0.15, 0.2) is 0 Å². The summed E-state index contributed by atoms with van der Waals surface area (Å²) in [6, 6.07) is 9.63. The van der Waals surface area contributed by atoms with Crippen molar-refractivity contribution in [2.45, 2.75) is 19.8 Å². The van der Waals surface area contributed by atoms with E-state index in [4.69, 9.17) is 18.0 Å². The van der Waals surface area contributed by atoms with E-state index in [1.165, 1.54) is 4.31 Å². The summed E-state index contributed by atoms with van der Waals surface area (Å²) in [7, 11) is -1.75. The molecule has 0 aromatic heterocycles. The van der Waals surface area contributed by atoms with E-state index in [0.717, 1.165) is 5.56 Å². The molecule has 0 aliphatic carbocycles. The molecule has 1 aromatic carbocycles. The van der Waals surface area contributed by atoms with Crippen LogP contribution in [0.3, 0.4) is 0 Å². The van der Waals surface area contributed by atoms with Gasteiger partial charge in [-0.25, -0.2) is 12.7 Å². The average molecular weight is 314 g/mol. The fourth-order valence-corrected chi connectivity index (χ4v) is 3.51. The number of sulfonamides is 1. The third kappa shape index (κ3) is 4.85. The molecule has 2 N–H and O–H groups in total. The fourth-order valence-electron chi connectivity index (χ4n) is 1.91. The van der Waals surface area contributed by atoms with Crippen molar-refractivity contribution in [3.8, 4) is 0 Å². The van der Waals surface area contributed by atoms with Crippen LogP contribution in [0.15, 0.2) is 30.3 Å². The Labute approximate surface area is 127 Å². The molecule has 1 aromatic rings. The van der Waals surface area contributed by atoms with Gasteiger partial charge in [0, 0.05) is 19.5 Å². The molecule has 0 spiro atoms. The summed E-state index contributed by atoms with van der Waals surface area (Å²) >= 11 is 4.88. The molecule has 0 fully saturated rings. The van der Waals surface area contributed by atoms with Crippen LogP contribution in [-0.2, 0) is 10.0 Å². The molecule has 0 amide bonds. The SMILES string of the molecule is CC(CN(C)S(=O)(=O)CC(C)c1ccccc1)C(N)=S. The second-order valence-corrected chi connectivity index (χ2v) is 7.77. The monoisotopic (exact) mass is 314 g/mol. The minimum atomic E-state index is -3.32. The van der Waals surface area contributed by atoms with Crippen LogP contribution in [0.1, 0.15) is 25.3 Å². The number of hydrogen-bond donors (Lipinski definition) is 1. The van der Waals surface area contributed by atoms with Crippen LogP contribution >= 0.6 is 12.2 Å². The third-order valence-electron chi connectivity index (χ3n) is 3.32. The van der Waals surface area contributed by atoms with Crippen LogP contribution in [0.5, 0.6) is 0 Å². The summed E-state index contributed by atoms with van der Waals surface area (Å²) in [5.41, 5.74) is 6.55. The van der Waals surface area contributed by atoms with Crippen molar-refractivity contribution in [3.63, 3.8) is 0 Å². The third-order valence-corrected chi connectivity index (χ3v) is 5.74. The molecule has 112 valence electrons. The molecule has 0 aliphatic heterocycles. The summed E-state index contributed by atoms with van der Waals surface area (Å²) in [5.74, 6) is -0.0991. The van der Waals surface area contributed by atoms with Crippen LogP contribution in [0, 0.1) is 5.92 Å². The Morgan fingerprint density at radius 1 is 1.30 bits per heavy atom. The molecular formula is C14H22N2O2S2. The predicted octanol–water partition coefficient (Wildman–Crippen LogP) is 1.97. The second kappa shape index (κ2) is 7.15. The number of nitrogens with two attached hydrogens (primary N) is 1. The maximum Gasteiger partial charge on any atom is 0.214 e. The van der Waals surface area contributed by atoms with Crippen LogP contribution in [-0.4, -0.2) is 37.1 Å². The molecule has 2 unspecified atom stereocenters. The highest BCUT2D eigenvalue weighted by atomic mass is 32.2. The van der Waals surface area contributed by atoms with E-state index in [1.807, 2.05) is 44.2 Å². The van der Waals surface area contributed by atoms with Gasteiger partial charge in [0.1, 0.15) is 0 Å². The van der Waals surface area contributed by atoms with Gasteiger partial charge in [0.05, 0.1) is 10.7 Å². The maximum atomic E-state index is 12.3. The molecule has 2 atom stereocenters. The summed E-state index contributed by atoms with van der Waals surface area (Å²) in [6.07, 6.45) is 0. The molecule has 0 bridgehead atoms. The largest absolute Gasteiger partial charge is 0.393 e. The van der Waals surface area contributed by atoms with Gasteiger partial charge < -0.3 is 5.73 Å². The lowest BCUT2D eigenvalue weighted by molar-refractivity contribution is 0.443. The Bertz CT molecular complexity index is 544. The summed E-state index contributed by atoms with van der Waals surface area (Å²) in [4.78, 5) is 0.336. The molecule has 0 aliphatic rings. The van der Waals surface area contributed by atoms with Crippen molar-refractivity contribution in [3.05, 3.63) is 35.9 Å². The minimum Gasteiger partial charge on any atom is -0.393 e. The van der Waals surface area contributed by atoms with Gasteiger partial charge in [0.25, 0.3) is 0 Å². The van der Waals surface area contributed by atoms with Crippen LogP contribution in [0.2, 0.25) is 0 Å². The quantitative estimate of drug-likeness (QED) is 0.782. The molecule has 0 radical (unpaired) electrons. The molecule has 0 saturated carbocycles. The van der Waals surface area contributed by atoms with Crippen molar-refractivity contribution in [1.82, 2.24) is 4.31 Å². The molecular weight excluding hydrogens is 292 g/mol. The van der Waals surface area contributed by atoms with Gasteiger partial charge >= 0.3 is 0 Å². The van der Waals surface area contributed by atoms with Crippen LogP contribution in [0.4, 0.5) is 0 Å². The van der Waals surface area contributed by atoms with E-state index >= 15 is 0 Å². The van der Waals surface area contributed by atoms with Gasteiger partial charge in [-0.05, 0) is 11.5 Å². The van der Waals surface area contributed by atoms with Gasteiger partial charge in [-0.1, -0.05) is 56.4 Å². The second-order valence-electron chi connectivity index (χ2n) is 5.17. The standard InChI is InChI=1S/C14H22N2O2S2/c1-11(14(15)19)9-16(3)20(17,18)10-12(2)13-7-5-4-6-8-13/h4-8,11-12H,9-10H2,1-3H3,(H2,15,19). The molecule has 6 heteroatoms. The molecule has 4 nitrogen and oxygen atoms in total. The number of hydrogen-bond acceptors (Lipinski definition) is 3. The first-order chi connectivity index (χ1) is 9.24. The van der Waals surface area contributed by atoms with Crippen molar-refractivity contribution >= 4 is 27.2 Å². The zero-order valence-corrected chi connectivity index (χ0v) is 13.7. The highest BCUT2D eigenvalue weighted by molar-refractivity contribution is 7.89. The Morgan fingerprint density at radius 3 is 2.35 bits per heavy atom. The van der Waals surface area contributed by atoms with Crippen molar-refractivity contribution in [2.75, 3.05) is 19.3 Å². The Balaban J connectivity index is 2.72. The molecule has 1 rings (SSSR count). The molecule has 0 saturated heterocycles. The number of rotatable bonds is 7. The molecule has 0 heterocycles. The Hall–Kier alpha value is -0.980. The Morgan fingerprint density at radius 2 is 1.85 bits per heavy atom. The molecule has 20 heavy (non-hydrogen) atoms. The van der Waals surface area contributed by atoms with E-state index in [9.17, 15) is 8.42 Å². The summed E-state index contributed by atoms with van der Waals surface area (Å²) in [5, 5.41) is 0. The van der Waals surface area contributed by atoms with Gasteiger partial charge in [-0.15, -0.1) is 0 Å². The highest BCUT2D eigenvalue weighted by Crippen LogP contribution is 2.18. The topological polar surface area (TPSA) is 63.4 Å². The zero-order valence-electron chi connectivity index (χ0n) is 12.1. The van der Waals surface area contributed by atoms with E-state index in [2.05, 4.69) is 0 Å². The predicted molar refractivity (Wildman–Crippen MR) is 87.2 cm³/mol. The minimum absolute atomic E-state index is 0.0521. The van der Waals surface area contributed by atoms with Gasteiger partial charge in [-0.2, -0.15) is 0 Å². The van der Waals surface area contributed by atoms with Crippen molar-refractivity contribution in [2.24, 2.45) is 11.7 Å². The Kier molecular flexibility index (Phi) is 6.10. The first kappa shape index (κ1) is 17.1. The van der Waals surface area contributed by atoms with E-state index in [-0.39, 0.29) is 17.6 Å². The van der Waals surface area contributed by atoms with E-state index in [1.54, 1.807) is 7.05 Å². The summed E-state index contributed by atoms with van der Waals surface area (Å²) < 4.78 is 26.0. The summed E-state index contributed by atoms with van der Waals surface area (Å²) in [6.45, 7) is 4.06. The average Bonchev–Trinajstić information content (AvgIpc) is 2.38. The zero-order chi connectivity index (χ0) is 15.3. The van der Waals surface area contributed by atoms with Gasteiger partial charge in [0.2, 0.25) is 10.0 Å². The van der Waals surface area contributed by atoms with Crippen LogP contribution < -0.4 is 5.73 Å². The normalized spacial score (nSPS) is 15.0. The smallest absolute Gasteiger partial charge is 0.214 e. The van der Waals surface area contributed by atoms with Crippen molar-refractivity contribution in [1.29, 1.82) is 0 Å². The van der Waals surface area contributed by atoms with Crippen molar-refractivity contribution < 1.29 is 8.42 Å². The maximum absolute atomic E-state index is 12.3. The highest BCUT2D eigenvalue weighted by Gasteiger charge is 2.24.